The first-order chi connectivity index (χ1) is 11.5. The van der Waals surface area contributed by atoms with E-state index in [9.17, 15) is 0 Å². The van der Waals surface area contributed by atoms with Crippen LogP contribution in [-0.4, -0.2) is 74.2 Å². The summed E-state index contributed by atoms with van der Waals surface area (Å²) < 4.78 is 0. The Morgan fingerprint density at radius 2 is 1.67 bits per heavy atom. The van der Waals surface area contributed by atoms with E-state index in [1.165, 1.54) is 38.9 Å². The summed E-state index contributed by atoms with van der Waals surface area (Å²) in [5, 5.41) is 6.93. The average Bonchev–Trinajstić information content (AvgIpc) is 2.56. The van der Waals surface area contributed by atoms with E-state index in [1.54, 1.807) is 0 Å². The largest absolute Gasteiger partial charge is 0.356 e. The second kappa shape index (κ2) is 11.7. The second-order valence-corrected chi connectivity index (χ2v) is 7.52. The molecular formula is C19H41N5. The molecule has 142 valence electrons. The van der Waals surface area contributed by atoms with Gasteiger partial charge >= 0.3 is 0 Å². The number of hydrogen-bond acceptors (Lipinski definition) is 3. The van der Waals surface area contributed by atoms with Crippen LogP contribution in [0.25, 0.3) is 0 Å². The van der Waals surface area contributed by atoms with Crippen molar-refractivity contribution < 1.29 is 0 Å². The molecule has 2 N–H and O–H groups in total. The Morgan fingerprint density at radius 3 is 2.17 bits per heavy atom. The van der Waals surface area contributed by atoms with Crippen LogP contribution in [-0.2, 0) is 0 Å². The number of aliphatic imine (C=N–C) groups is 1. The van der Waals surface area contributed by atoms with E-state index in [1.807, 2.05) is 7.05 Å². The molecule has 0 atom stereocenters. The Hall–Kier alpha value is -0.810. The number of likely N-dealkylation sites (tertiary alicyclic amines) is 1. The molecule has 1 fully saturated rings. The van der Waals surface area contributed by atoms with Gasteiger partial charge in [-0.1, -0.05) is 6.92 Å². The highest BCUT2D eigenvalue weighted by atomic mass is 15.2. The SMILES string of the molecule is CCN1CCC(CCNC(=NC)NCCN(C(C)C)C(C)C)CC1. The summed E-state index contributed by atoms with van der Waals surface area (Å²) in [5.41, 5.74) is 0. The molecule has 0 aromatic carbocycles. The number of nitrogens with zero attached hydrogens (tertiary/aromatic N) is 3. The number of rotatable bonds is 9. The van der Waals surface area contributed by atoms with Crippen LogP contribution in [0.2, 0.25) is 0 Å². The maximum Gasteiger partial charge on any atom is 0.191 e. The normalized spacial score (nSPS) is 18.0. The van der Waals surface area contributed by atoms with Crippen molar-refractivity contribution in [2.24, 2.45) is 10.9 Å². The third kappa shape index (κ3) is 7.84. The van der Waals surface area contributed by atoms with Crippen LogP contribution in [0.5, 0.6) is 0 Å². The van der Waals surface area contributed by atoms with Gasteiger partial charge in [-0.25, -0.2) is 0 Å². The van der Waals surface area contributed by atoms with Gasteiger partial charge in [-0.2, -0.15) is 0 Å². The molecule has 1 saturated heterocycles. The van der Waals surface area contributed by atoms with Crippen molar-refractivity contribution in [2.45, 2.75) is 66.0 Å². The van der Waals surface area contributed by atoms with Crippen LogP contribution in [0.4, 0.5) is 0 Å². The molecule has 5 heteroatoms. The van der Waals surface area contributed by atoms with Crippen LogP contribution in [0.1, 0.15) is 53.9 Å². The summed E-state index contributed by atoms with van der Waals surface area (Å²) >= 11 is 0. The summed E-state index contributed by atoms with van der Waals surface area (Å²) in [6, 6.07) is 1.16. The molecule has 0 spiro atoms. The van der Waals surface area contributed by atoms with Gasteiger partial charge in [0.05, 0.1) is 0 Å². The Bertz CT molecular complexity index is 338. The van der Waals surface area contributed by atoms with Crippen molar-refractivity contribution in [2.75, 3.05) is 46.3 Å². The molecule has 0 unspecified atom stereocenters. The fourth-order valence-corrected chi connectivity index (χ4v) is 3.62. The Morgan fingerprint density at radius 1 is 1.08 bits per heavy atom. The molecule has 0 amide bonds. The molecule has 0 aliphatic carbocycles. The third-order valence-electron chi connectivity index (χ3n) is 5.21. The zero-order valence-electron chi connectivity index (χ0n) is 16.9. The summed E-state index contributed by atoms with van der Waals surface area (Å²) in [6.07, 6.45) is 3.95. The summed E-state index contributed by atoms with van der Waals surface area (Å²) in [6.45, 7) is 18.1. The topological polar surface area (TPSA) is 42.9 Å². The van der Waals surface area contributed by atoms with Gasteiger partial charge in [0.2, 0.25) is 0 Å². The predicted molar refractivity (Wildman–Crippen MR) is 106 cm³/mol. The van der Waals surface area contributed by atoms with E-state index in [-0.39, 0.29) is 0 Å². The lowest BCUT2D eigenvalue weighted by Gasteiger charge is -2.31. The zero-order chi connectivity index (χ0) is 17.9. The van der Waals surface area contributed by atoms with Crippen LogP contribution >= 0.6 is 0 Å². The molecule has 0 radical (unpaired) electrons. The highest BCUT2D eigenvalue weighted by Crippen LogP contribution is 2.19. The zero-order valence-corrected chi connectivity index (χ0v) is 16.9. The third-order valence-corrected chi connectivity index (χ3v) is 5.21. The number of piperidine rings is 1. The Kier molecular flexibility index (Phi) is 10.3. The Labute approximate surface area is 150 Å². The van der Waals surface area contributed by atoms with Gasteiger partial charge < -0.3 is 15.5 Å². The van der Waals surface area contributed by atoms with E-state index >= 15 is 0 Å². The summed E-state index contributed by atoms with van der Waals surface area (Å²) in [5.74, 6) is 1.81. The summed E-state index contributed by atoms with van der Waals surface area (Å²) in [4.78, 5) is 9.41. The van der Waals surface area contributed by atoms with E-state index in [0.717, 1.165) is 31.5 Å². The van der Waals surface area contributed by atoms with Gasteiger partial charge in [0, 0.05) is 38.8 Å². The van der Waals surface area contributed by atoms with Crippen LogP contribution in [0, 0.1) is 5.92 Å². The second-order valence-electron chi connectivity index (χ2n) is 7.52. The van der Waals surface area contributed by atoms with Crippen molar-refractivity contribution >= 4 is 5.96 Å². The van der Waals surface area contributed by atoms with Crippen molar-refractivity contribution in [3.8, 4) is 0 Å². The fraction of sp³-hybridized carbons (Fsp3) is 0.947. The van der Waals surface area contributed by atoms with Gasteiger partial charge in [-0.15, -0.1) is 0 Å². The molecule has 1 aliphatic heterocycles. The van der Waals surface area contributed by atoms with Crippen LogP contribution in [0.15, 0.2) is 4.99 Å². The predicted octanol–water partition coefficient (Wildman–Crippen LogP) is 2.39. The van der Waals surface area contributed by atoms with Crippen molar-refractivity contribution in [1.82, 2.24) is 20.4 Å². The first-order valence-corrected chi connectivity index (χ1v) is 9.90. The lowest BCUT2D eigenvalue weighted by molar-refractivity contribution is 0.178. The molecule has 0 bridgehead atoms. The van der Waals surface area contributed by atoms with Crippen molar-refractivity contribution in [1.29, 1.82) is 0 Å². The summed E-state index contributed by atoms with van der Waals surface area (Å²) in [7, 11) is 1.86. The van der Waals surface area contributed by atoms with E-state index in [2.05, 4.69) is 60.0 Å². The van der Waals surface area contributed by atoms with Crippen molar-refractivity contribution in [3.63, 3.8) is 0 Å². The Balaban J connectivity index is 2.19. The molecular weight excluding hydrogens is 298 g/mol. The van der Waals surface area contributed by atoms with Crippen molar-refractivity contribution in [3.05, 3.63) is 0 Å². The quantitative estimate of drug-likeness (QED) is 0.500. The first-order valence-electron chi connectivity index (χ1n) is 9.90. The lowest BCUT2D eigenvalue weighted by Crippen LogP contribution is -2.45. The molecule has 0 saturated carbocycles. The van der Waals surface area contributed by atoms with Gasteiger partial charge in [0.1, 0.15) is 0 Å². The minimum Gasteiger partial charge on any atom is -0.356 e. The number of nitrogens with one attached hydrogen (secondary N) is 2. The molecule has 0 aromatic rings. The fourth-order valence-electron chi connectivity index (χ4n) is 3.62. The highest BCUT2D eigenvalue weighted by Gasteiger charge is 2.17. The van der Waals surface area contributed by atoms with E-state index < -0.39 is 0 Å². The lowest BCUT2D eigenvalue weighted by atomic mass is 9.93. The highest BCUT2D eigenvalue weighted by molar-refractivity contribution is 5.79. The molecule has 24 heavy (non-hydrogen) atoms. The monoisotopic (exact) mass is 339 g/mol. The van der Waals surface area contributed by atoms with Crippen LogP contribution < -0.4 is 10.6 Å². The minimum absolute atomic E-state index is 0.579. The number of guanidine groups is 1. The minimum atomic E-state index is 0.579. The van der Waals surface area contributed by atoms with E-state index in [0.29, 0.717) is 12.1 Å². The molecule has 1 rings (SSSR count). The van der Waals surface area contributed by atoms with Gasteiger partial charge in [-0.3, -0.25) is 9.89 Å². The molecule has 0 aromatic heterocycles. The van der Waals surface area contributed by atoms with Gasteiger partial charge in [0.25, 0.3) is 0 Å². The van der Waals surface area contributed by atoms with E-state index in [4.69, 9.17) is 0 Å². The standard InChI is InChI=1S/C19H41N5/c1-7-23-13-9-18(10-14-23)8-11-21-19(20-6)22-12-15-24(16(2)3)17(4)5/h16-18H,7-15H2,1-6H3,(H2,20,21,22). The molecule has 5 nitrogen and oxygen atoms in total. The van der Waals surface area contributed by atoms with Gasteiger partial charge in [0.15, 0.2) is 5.96 Å². The average molecular weight is 340 g/mol. The van der Waals surface area contributed by atoms with Crippen LogP contribution in [0.3, 0.4) is 0 Å². The van der Waals surface area contributed by atoms with Gasteiger partial charge in [-0.05, 0) is 72.5 Å². The molecule has 1 heterocycles. The maximum absolute atomic E-state index is 4.35. The maximum atomic E-state index is 4.35. The first kappa shape index (κ1) is 21.2. The smallest absolute Gasteiger partial charge is 0.191 e. The molecule has 1 aliphatic rings. The number of hydrogen-bond donors (Lipinski definition) is 2.